The molecule has 6 heteroatoms. The Bertz CT molecular complexity index is 380. The number of aliphatic hydroxyl groups excluding tert-OH is 1. The quantitative estimate of drug-likeness (QED) is 0.643. The molecule has 1 N–H and O–H groups in total. The highest BCUT2D eigenvalue weighted by Gasteiger charge is 2.24. The van der Waals surface area contributed by atoms with Crippen molar-refractivity contribution in [2.45, 2.75) is 25.4 Å². The lowest BCUT2D eigenvalue weighted by molar-refractivity contribution is -0.380. The predicted octanol–water partition coefficient (Wildman–Crippen LogP) is 1.61. The summed E-state index contributed by atoms with van der Waals surface area (Å²) < 4.78 is 0. The second-order valence-corrected chi connectivity index (χ2v) is 4.89. The van der Waals surface area contributed by atoms with Gasteiger partial charge < -0.3 is 5.11 Å². The third-order valence-electron chi connectivity index (χ3n) is 2.92. The van der Waals surface area contributed by atoms with Crippen LogP contribution in [0.1, 0.15) is 18.4 Å². The van der Waals surface area contributed by atoms with E-state index in [1.165, 1.54) is 0 Å². The average molecular weight is 242 g/mol. The Morgan fingerprint density at radius 3 is 3.12 bits per heavy atom. The number of hydrogen-bond donors (Lipinski definition) is 1. The Kier molecular flexibility index (Phi) is 3.52. The molecule has 16 heavy (non-hydrogen) atoms. The molecule has 2 heterocycles. The smallest absolute Gasteiger partial charge is 0.324 e. The molecule has 1 aromatic heterocycles. The van der Waals surface area contributed by atoms with Gasteiger partial charge in [0.2, 0.25) is 0 Å². The van der Waals surface area contributed by atoms with Gasteiger partial charge in [0, 0.05) is 24.0 Å². The van der Waals surface area contributed by atoms with Crippen LogP contribution in [0.5, 0.6) is 0 Å². The van der Waals surface area contributed by atoms with Gasteiger partial charge in [-0.3, -0.25) is 15.0 Å². The molecule has 1 fully saturated rings. The van der Waals surface area contributed by atoms with E-state index in [4.69, 9.17) is 5.11 Å². The van der Waals surface area contributed by atoms with Gasteiger partial charge in [0.1, 0.15) is 0 Å². The molecule has 0 saturated carbocycles. The Morgan fingerprint density at radius 1 is 1.69 bits per heavy atom. The van der Waals surface area contributed by atoms with Gasteiger partial charge in [-0.25, -0.2) is 0 Å². The van der Waals surface area contributed by atoms with E-state index in [0.29, 0.717) is 6.54 Å². The van der Waals surface area contributed by atoms with Gasteiger partial charge in [-0.2, -0.15) is 0 Å². The summed E-state index contributed by atoms with van der Waals surface area (Å²) in [6.45, 7) is 1.84. The number of likely N-dealkylation sites (tertiary alicyclic amines) is 1. The number of nitro groups is 1. The SMILES string of the molecule is O=[N+]([O-])c1cc(CN2CCC[C@@H]2CO)cs1. The highest BCUT2D eigenvalue weighted by Crippen LogP contribution is 2.26. The second-order valence-electron chi connectivity index (χ2n) is 4.00. The highest BCUT2D eigenvalue weighted by molar-refractivity contribution is 7.13. The van der Waals surface area contributed by atoms with Gasteiger partial charge in [0.05, 0.1) is 11.5 Å². The molecule has 1 saturated heterocycles. The lowest BCUT2D eigenvalue weighted by Gasteiger charge is -2.21. The van der Waals surface area contributed by atoms with E-state index >= 15 is 0 Å². The molecule has 0 amide bonds. The zero-order chi connectivity index (χ0) is 11.5. The number of nitrogens with zero attached hydrogens (tertiary/aromatic N) is 2. The monoisotopic (exact) mass is 242 g/mol. The molecule has 0 spiro atoms. The Morgan fingerprint density at radius 2 is 2.50 bits per heavy atom. The third kappa shape index (κ3) is 2.40. The van der Waals surface area contributed by atoms with Crippen LogP contribution >= 0.6 is 11.3 Å². The van der Waals surface area contributed by atoms with Crippen molar-refractivity contribution in [3.8, 4) is 0 Å². The van der Waals surface area contributed by atoms with Crippen LogP contribution in [-0.2, 0) is 6.54 Å². The van der Waals surface area contributed by atoms with Crippen molar-refractivity contribution in [3.63, 3.8) is 0 Å². The number of thiophene rings is 1. The van der Waals surface area contributed by atoms with E-state index in [1.807, 2.05) is 5.38 Å². The second kappa shape index (κ2) is 4.90. The lowest BCUT2D eigenvalue weighted by atomic mass is 10.2. The zero-order valence-electron chi connectivity index (χ0n) is 8.83. The van der Waals surface area contributed by atoms with Crippen molar-refractivity contribution in [3.05, 3.63) is 27.1 Å². The minimum absolute atomic E-state index is 0.173. The summed E-state index contributed by atoms with van der Waals surface area (Å²) >= 11 is 1.16. The molecule has 0 bridgehead atoms. The van der Waals surface area contributed by atoms with Gasteiger partial charge in [0.25, 0.3) is 0 Å². The van der Waals surface area contributed by atoms with E-state index in [0.717, 1.165) is 36.3 Å². The number of hydrogen-bond acceptors (Lipinski definition) is 5. The normalized spacial score (nSPS) is 21.4. The van der Waals surface area contributed by atoms with E-state index < -0.39 is 0 Å². The van der Waals surface area contributed by atoms with E-state index in [2.05, 4.69) is 4.90 Å². The maximum absolute atomic E-state index is 10.5. The third-order valence-corrected chi connectivity index (χ3v) is 3.84. The molecule has 0 unspecified atom stereocenters. The van der Waals surface area contributed by atoms with Crippen molar-refractivity contribution in [2.24, 2.45) is 0 Å². The summed E-state index contributed by atoms with van der Waals surface area (Å²) in [6.07, 6.45) is 2.11. The minimum Gasteiger partial charge on any atom is -0.395 e. The summed E-state index contributed by atoms with van der Waals surface area (Å²) in [5, 5.41) is 21.7. The van der Waals surface area contributed by atoms with E-state index in [1.54, 1.807) is 6.07 Å². The molecule has 1 aliphatic rings. The Hall–Kier alpha value is -0.980. The molecular formula is C10H14N2O3S. The first-order chi connectivity index (χ1) is 7.70. The molecular weight excluding hydrogens is 228 g/mol. The van der Waals surface area contributed by atoms with Crippen LogP contribution in [0.3, 0.4) is 0 Å². The first kappa shape index (κ1) is 11.5. The van der Waals surface area contributed by atoms with Crippen molar-refractivity contribution in [2.75, 3.05) is 13.2 Å². The first-order valence-electron chi connectivity index (χ1n) is 5.27. The summed E-state index contributed by atoms with van der Waals surface area (Å²) in [5.74, 6) is 0. The largest absolute Gasteiger partial charge is 0.395 e. The number of aliphatic hydroxyl groups is 1. The van der Waals surface area contributed by atoms with E-state index in [9.17, 15) is 10.1 Å². The van der Waals surface area contributed by atoms with Gasteiger partial charge in [-0.1, -0.05) is 11.3 Å². The van der Waals surface area contributed by atoms with E-state index in [-0.39, 0.29) is 22.6 Å². The summed E-state index contributed by atoms with van der Waals surface area (Å²) in [4.78, 5) is 12.4. The molecule has 5 nitrogen and oxygen atoms in total. The van der Waals surface area contributed by atoms with Crippen molar-refractivity contribution >= 4 is 16.3 Å². The highest BCUT2D eigenvalue weighted by atomic mass is 32.1. The molecule has 0 radical (unpaired) electrons. The fourth-order valence-electron chi connectivity index (χ4n) is 2.09. The summed E-state index contributed by atoms with van der Waals surface area (Å²) in [6, 6.07) is 1.84. The van der Waals surface area contributed by atoms with Gasteiger partial charge >= 0.3 is 5.00 Å². The molecule has 88 valence electrons. The molecule has 0 aromatic carbocycles. The molecule has 1 aliphatic heterocycles. The standard InChI is InChI=1S/C10H14N2O3S/c13-6-9-2-1-3-11(9)5-8-4-10(12(14)15)16-7-8/h4,7,9,13H,1-3,5-6H2/t9-/m1/s1. The van der Waals surface area contributed by atoms with Crippen molar-refractivity contribution in [1.29, 1.82) is 0 Å². The zero-order valence-corrected chi connectivity index (χ0v) is 9.65. The van der Waals surface area contributed by atoms with Crippen LogP contribution in [-0.4, -0.2) is 34.1 Å². The van der Waals surface area contributed by atoms with Crippen LogP contribution in [0, 0.1) is 10.1 Å². The van der Waals surface area contributed by atoms with Crippen molar-refractivity contribution in [1.82, 2.24) is 4.90 Å². The van der Waals surface area contributed by atoms with Crippen LogP contribution in [0.4, 0.5) is 5.00 Å². The maximum Gasteiger partial charge on any atom is 0.324 e. The molecule has 0 aliphatic carbocycles. The predicted molar refractivity (Wildman–Crippen MR) is 61.5 cm³/mol. The van der Waals surface area contributed by atoms with Crippen LogP contribution < -0.4 is 0 Å². The topological polar surface area (TPSA) is 66.6 Å². The van der Waals surface area contributed by atoms with Crippen LogP contribution in [0.2, 0.25) is 0 Å². The maximum atomic E-state index is 10.5. The fourth-order valence-corrected chi connectivity index (χ4v) is 2.81. The Balaban J connectivity index is 2.00. The van der Waals surface area contributed by atoms with Crippen molar-refractivity contribution < 1.29 is 10.0 Å². The molecule has 1 atom stereocenters. The Labute approximate surface area is 97.5 Å². The van der Waals surface area contributed by atoms with Gasteiger partial charge in [-0.15, -0.1) is 0 Å². The van der Waals surface area contributed by atoms with Gasteiger partial charge in [0.15, 0.2) is 0 Å². The fraction of sp³-hybridized carbons (Fsp3) is 0.600. The molecule has 2 rings (SSSR count). The molecule has 1 aromatic rings. The number of rotatable bonds is 4. The average Bonchev–Trinajstić information content (AvgIpc) is 2.87. The first-order valence-corrected chi connectivity index (χ1v) is 6.15. The summed E-state index contributed by atoms with van der Waals surface area (Å²) in [5.41, 5.74) is 0.969. The van der Waals surface area contributed by atoms with Gasteiger partial charge in [-0.05, 0) is 24.9 Å². The lowest BCUT2D eigenvalue weighted by Crippen LogP contribution is -2.31. The van der Waals surface area contributed by atoms with Crippen LogP contribution in [0.15, 0.2) is 11.4 Å². The minimum atomic E-state index is -0.359. The van der Waals surface area contributed by atoms with Crippen LogP contribution in [0.25, 0.3) is 0 Å². The summed E-state index contributed by atoms with van der Waals surface area (Å²) in [7, 11) is 0.